The highest BCUT2D eigenvalue weighted by Gasteiger charge is 2.49. The van der Waals surface area contributed by atoms with Crippen LogP contribution in [0.1, 0.15) is 49.6 Å². The number of aromatic amines is 1. The smallest absolute Gasteiger partial charge is 0.411 e. The van der Waals surface area contributed by atoms with Crippen LogP contribution in [0.25, 0.3) is 10.9 Å². The number of nitrogens with zero attached hydrogens (tertiary/aromatic N) is 1. The molecule has 1 aliphatic rings. The molecule has 0 aliphatic carbocycles. The van der Waals surface area contributed by atoms with Crippen LogP contribution in [0.3, 0.4) is 0 Å². The van der Waals surface area contributed by atoms with Crippen LogP contribution in [-0.4, -0.2) is 33.6 Å². The quantitative estimate of drug-likeness (QED) is 0.344. The van der Waals surface area contributed by atoms with Crippen LogP contribution >= 0.6 is 0 Å². The maximum Gasteiger partial charge on any atom is 0.411 e. The molecule has 1 saturated heterocycles. The molecule has 1 amide bonds. The zero-order valence-electron chi connectivity index (χ0n) is 20.7. The van der Waals surface area contributed by atoms with Crippen LogP contribution in [-0.2, 0) is 20.7 Å². The minimum Gasteiger partial charge on any atom is -0.453 e. The van der Waals surface area contributed by atoms with Crippen molar-refractivity contribution in [3.63, 3.8) is 0 Å². The summed E-state index contributed by atoms with van der Waals surface area (Å²) in [6.45, 7) is 5.48. The molecular weight excluding hydrogens is 452 g/mol. The van der Waals surface area contributed by atoms with Crippen molar-refractivity contribution in [3.8, 4) is 0 Å². The van der Waals surface area contributed by atoms with Gasteiger partial charge in [0.25, 0.3) is 0 Å². The van der Waals surface area contributed by atoms with Crippen LogP contribution in [0.4, 0.5) is 4.79 Å². The van der Waals surface area contributed by atoms with E-state index < -0.39 is 35.9 Å². The molecule has 36 heavy (non-hydrogen) atoms. The molecule has 3 atom stereocenters. The van der Waals surface area contributed by atoms with Crippen molar-refractivity contribution >= 4 is 23.0 Å². The summed E-state index contributed by atoms with van der Waals surface area (Å²) < 4.78 is 12.0. The zero-order valence-corrected chi connectivity index (χ0v) is 20.7. The summed E-state index contributed by atoms with van der Waals surface area (Å²) in [5, 5.41) is 1.01. The number of hydrogen-bond acceptors (Lipinski definition) is 4. The lowest BCUT2D eigenvalue weighted by Crippen LogP contribution is -2.56. The van der Waals surface area contributed by atoms with E-state index in [1.165, 1.54) is 0 Å². The number of hydrogen-bond donors (Lipinski definition) is 1. The van der Waals surface area contributed by atoms with Gasteiger partial charge in [0.05, 0.1) is 0 Å². The Balaban J connectivity index is 1.63. The SMILES string of the molecule is CC(C)(C)OC(=O)N1[C@@H](Cc2c[nH]c3ccccc23)C(=O)O[C@H](c2ccccc2)[C@@H]1c1ccccc1. The standard InChI is InChI=1S/C30H30N2O4/c1-30(2,3)36-29(34)32-25(18-22-19-31-24-17-11-10-16-23(22)24)28(33)35-27(21-14-8-5-9-15-21)26(32)20-12-6-4-7-13-20/h4-17,19,25-27,31H,18H2,1-3H3/t25-,26-,27+/m0/s1. The lowest BCUT2D eigenvalue weighted by Gasteiger charge is -2.45. The molecule has 0 saturated carbocycles. The summed E-state index contributed by atoms with van der Waals surface area (Å²) in [6, 6.07) is 25.8. The third kappa shape index (κ3) is 4.71. The summed E-state index contributed by atoms with van der Waals surface area (Å²) in [6.07, 6.45) is 0.977. The predicted molar refractivity (Wildman–Crippen MR) is 138 cm³/mol. The van der Waals surface area contributed by atoms with Gasteiger partial charge in [-0.25, -0.2) is 9.59 Å². The van der Waals surface area contributed by atoms with Crippen LogP contribution < -0.4 is 0 Å². The molecule has 0 unspecified atom stereocenters. The molecule has 184 valence electrons. The van der Waals surface area contributed by atoms with Gasteiger partial charge in [-0.15, -0.1) is 0 Å². The topological polar surface area (TPSA) is 71.6 Å². The number of amides is 1. The number of para-hydroxylation sites is 1. The fourth-order valence-electron chi connectivity index (χ4n) is 4.85. The Labute approximate surface area is 210 Å². The highest BCUT2D eigenvalue weighted by atomic mass is 16.6. The molecule has 6 heteroatoms. The number of cyclic esters (lactones) is 1. The Bertz CT molecular complexity index is 1360. The van der Waals surface area contributed by atoms with Crippen LogP contribution in [0.5, 0.6) is 0 Å². The average molecular weight is 483 g/mol. The number of morpholine rings is 1. The third-order valence-corrected chi connectivity index (χ3v) is 6.40. The minimum absolute atomic E-state index is 0.299. The zero-order chi connectivity index (χ0) is 25.3. The number of aromatic nitrogens is 1. The molecule has 0 spiro atoms. The van der Waals surface area contributed by atoms with Crippen molar-refractivity contribution in [2.24, 2.45) is 0 Å². The summed E-state index contributed by atoms with van der Waals surface area (Å²) >= 11 is 0. The molecule has 3 aromatic carbocycles. The predicted octanol–water partition coefficient (Wildman–Crippen LogP) is 6.36. The van der Waals surface area contributed by atoms with Crippen LogP contribution in [0, 0.1) is 0 Å². The van der Waals surface area contributed by atoms with Gasteiger partial charge in [0, 0.05) is 23.5 Å². The second-order valence-corrected chi connectivity index (χ2v) is 10.1. The van der Waals surface area contributed by atoms with Crippen molar-refractivity contribution < 1.29 is 19.1 Å². The summed E-state index contributed by atoms with van der Waals surface area (Å²) in [5.41, 5.74) is 2.87. The third-order valence-electron chi connectivity index (χ3n) is 6.40. The van der Waals surface area contributed by atoms with E-state index in [9.17, 15) is 9.59 Å². The average Bonchev–Trinajstić information content (AvgIpc) is 3.27. The fraction of sp³-hybridized carbons (Fsp3) is 0.267. The first-order valence-electron chi connectivity index (χ1n) is 12.2. The Morgan fingerprint density at radius 3 is 2.19 bits per heavy atom. The molecule has 6 nitrogen and oxygen atoms in total. The van der Waals surface area contributed by atoms with Gasteiger partial charge in [0.15, 0.2) is 6.10 Å². The van der Waals surface area contributed by atoms with Crippen molar-refractivity contribution in [1.29, 1.82) is 0 Å². The molecule has 1 N–H and O–H groups in total. The summed E-state index contributed by atoms with van der Waals surface area (Å²) in [4.78, 5) is 32.3. The number of fused-ring (bicyclic) bond motifs is 1. The number of rotatable bonds is 4. The van der Waals surface area contributed by atoms with Crippen molar-refractivity contribution in [1.82, 2.24) is 9.88 Å². The Morgan fingerprint density at radius 2 is 1.53 bits per heavy atom. The van der Waals surface area contributed by atoms with Gasteiger partial charge in [-0.3, -0.25) is 4.90 Å². The number of ether oxygens (including phenoxy) is 2. The largest absolute Gasteiger partial charge is 0.453 e. The van der Waals surface area contributed by atoms with Crippen LogP contribution in [0.2, 0.25) is 0 Å². The van der Waals surface area contributed by atoms with Gasteiger partial charge in [-0.05, 0) is 43.5 Å². The molecule has 0 radical (unpaired) electrons. The lowest BCUT2D eigenvalue weighted by molar-refractivity contribution is -0.174. The number of esters is 1. The Hall–Kier alpha value is -4.06. The van der Waals surface area contributed by atoms with Gasteiger partial charge >= 0.3 is 12.1 Å². The van der Waals surface area contributed by atoms with Crippen molar-refractivity contribution in [3.05, 3.63) is 108 Å². The highest BCUT2D eigenvalue weighted by molar-refractivity contribution is 5.87. The maximum atomic E-state index is 13.8. The van der Waals surface area contributed by atoms with Crippen LogP contribution in [0.15, 0.2) is 91.1 Å². The van der Waals surface area contributed by atoms with Crippen molar-refractivity contribution in [2.75, 3.05) is 0 Å². The Morgan fingerprint density at radius 1 is 0.917 bits per heavy atom. The number of benzene rings is 3. The van der Waals surface area contributed by atoms with E-state index in [-0.39, 0.29) is 0 Å². The lowest BCUT2D eigenvalue weighted by atomic mass is 9.90. The molecule has 1 aromatic heterocycles. The molecule has 0 bridgehead atoms. The van der Waals surface area contributed by atoms with Gasteiger partial charge in [0.2, 0.25) is 0 Å². The van der Waals surface area contributed by atoms with Gasteiger partial charge in [0.1, 0.15) is 17.7 Å². The second-order valence-electron chi connectivity index (χ2n) is 10.1. The molecule has 2 heterocycles. The minimum atomic E-state index is -0.857. The normalized spacial score (nSPS) is 20.2. The second kappa shape index (κ2) is 9.53. The van der Waals surface area contributed by atoms with Gasteiger partial charge < -0.3 is 14.5 Å². The summed E-state index contributed by atoms with van der Waals surface area (Å²) in [5.74, 6) is -0.452. The molecule has 5 rings (SSSR count). The maximum absolute atomic E-state index is 13.8. The molecular formula is C30H30N2O4. The van der Waals surface area contributed by atoms with E-state index in [0.29, 0.717) is 6.42 Å². The Kier molecular flexibility index (Phi) is 6.27. The van der Waals surface area contributed by atoms with E-state index in [4.69, 9.17) is 9.47 Å². The van der Waals surface area contributed by atoms with E-state index in [2.05, 4.69) is 4.98 Å². The van der Waals surface area contributed by atoms with E-state index in [1.54, 1.807) is 4.90 Å². The van der Waals surface area contributed by atoms with E-state index in [0.717, 1.165) is 27.6 Å². The van der Waals surface area contributed by atoms with Gasteiger partial charge in [-0.2, -0.15) is 0 Å². The first kappa shape index (κ1) is 23.7. The highest BCUT2D eigenvalue weighted by Crippen LogP contribution is 2.43. The number of nitrogens with one attached hydrogen (secondary N) is 1. The molecule has 4 aromatic rings. The number of carbonyl (C=O) groups is 2. The number of carbonyl (C=O) groups excluding carboxylic acids is 2. The van der Waals surface area contributed by atoms with Crippen molar-refractivity contribution in [2.45, 2.75) is 51.0 Å². The number of H-pyrrole nitrogens is 1. The fourth-order valence-corrected chi connectivity index (χ4v) is 4.85. The van der Waals surface area contributed by atoms with Gasteiger partial charge in [-0.1, -0.05) is 78.9 Å². The monoisotopic (exact) mass is 482 g/mol. The molecule has 1 fully saturated rings. The van der Waals surface area contributed by atoms with E-state index >= 15 is 0 Å². The first-order chi connectivity index (χ1) is 17.3. The van der Waals surface area contributed by atoms with E-state index in [1.807, 2.05) is 112 Å². The first-order valence-corrected chi connectivity index (χ1v) is 12.2. The summed E-state index contributed by atoms with van der Waals surface area (Å²) in [7, 11) is 0. The molecule has 1 aliphatic heterocycles.